The van der Waals surface area contributed by atoms with Crippen molar-refractivity contribution in [1.29, 1.82) is 0 Å². The van der Waals surface area contributed by atoms with Gasteiger partial charge in [0, 0.05) is 30.5 Å². The van der Waals surface area contributed by atoms with Gasteiger partial charge >= 0.3 is 12.0 Å². The number of carbonyl (C=O) groups is 1. The van der Waals surface area contributed by atoms with E-state index in [0.717, 1.165) is 38.6 Å². The van der Waals surface area contributed by atoms with Crippen molar-refractivity contribution >= 4 is 33.5 Å². The van der Waals surface area contributed by atoms with Crippen molar-refractivity contribution in [2.45, 2.75) is 70.1 Å². The van der Waals surface area contributed by atoms with Crippen molar-refractivity contribution in [3.05, 3.63) is 41.5 Å². The molecule has 0 amide bonds. The number of pyridine rings is 1. The molecule has 12 heteroatoms. The molecule has 4 aromatic rings. The number of piperidine rings is 1. The second-order valence-corrected chi connectivity index (χ2v) is 13.9. The Labute approximate surface area is 281 Å². The Morgan fingerprint density at radius 1 is 1.14 bits per heavy atom. The molecule has 4 aliphatic rings. The Morgan fingerprint density at radius 2 is 2.00 bits per heavy atom. The van der Waals surface area contributed by atoms with Crippen molar-refractivity contribution in [2.24, 2.45) is 5.92 Å². The maximum absolute atomic E-state index is 17.2. The Kier molecular flexibility index (Phi) is 7.78. The van der Waals surface area contributed by atoms with Crippen LogP contribution in [0.2, 0.25) is 0 Å². The highest BCUT2D eigenvalue weighted by atomic mass is 19.1. The third kappa shape index (κ3) is 5.30. The number of esters is 1. The zero-order valence-electron chi connectivity index (χ0n) is 27.4. The second-order valence-electron chi connectivity index (χ2n) is 13.9. The average Bonchev–Trinajstić information content (AvgIpc) is 3.56. The van der Waals surface area contributed by atoms with Gasteiger partial charge in [-0.25, -0.2) is 18.2 Å². The van der Waals surface area contributed by atoms with Crippen LogP contribution in [-0.2, 0) is 4.79 Å². The molecular formula is C37H36F3N5O4. The summed E-state index contributed by atoms with van der Waals surface area (Å²) in [5, 5.41) is 0.960. The van der Waals surface area contributed by atoms with E-state index in [2.05, 4.69) is 20.7 Å². The summed E-state index contributed by atoms with van der Waals surface area (Å²) in [4.78, 5) is 31.0. The molecule has 254 valence electrons. The molecule has 0 spiro atoms. The highest BCUT2D eigenvalue weighted by Gasteiger charge is 2.49. The van der Waals surface area contributed by atoms with E-state index in [1.807, 2.05) is 0 Å². The number of terminal acetylenes is 1. The van der Waals surface area contributed by atoms with E-state index in [-0.39, 0.29) is 64.6 Å². The van der Waals surface area contributed by atoms with Crippen LogP contribution in [0.4, 0.5) is 19.0 Å². The average molecular weight is 672 g/mol. The molecule has 3 saturated heterocycles. The molecule has 0 radical (unpaired) electrons. The lowest BCUT2D eigenvalue weighted by Crippen LogP contribution is -2.44. The molecule has 2 aromatic carbocycles. The molecule has 3 fully saturated rings. The Morgan fingerprint density at radius 3 is 2.82 bits per heavy atom. The number of hydrogen-bond donors (Lipinski definition) is 0. The van der Waals surface area contributed by atoms with Crippen molar-refractivity contribution < 1.29 is 32.2 Å². The normalized spacial score (nSPS) is 23.2. The fraction of sp³-hybridized carbons (Fsp3) is 0.459. The number of anilines is 1. The van der Waals surface area contributed by atoms with E-state index < -0.39 is 35.2 Å². The van der Waals surface area contributed by atoms with E-state index in [1.54, 1.807) is 19.9 Å². The van der Waals surface area contributed by atoms with Gasteiger partial charge in [-0.15, -0.1) is 6.42 Å². The van der Waals surface area contributed by atoms with Crippen molar-refractivity contribution in [2.75, 3.05) is 37.7 Å². The van der Waals surface area contributed by atoms with E-state index in [0.29, 0.717) is 36.1 Å². The summed E-state index contributed by atoms with van der Waals surface area (Å²) in [6.07, 6.45) is 9.72. The third-order valence-electron chi connectivity index (χ3n) is 10.4. The smallest absolute Gasteiger partial charge is 0.319 e. The maximum Gasteiger partial charge on any atom is 0.319 e. The third-order valence-corrected chi connectivity index (χ3v) is 10.4. The highest BCUT2D eigenvalue weighted by molar-refractivity contribution is 6.04. The molecule has 0 bridgehead atoms. The summed E-state index contributed by atoms with van der Waals surface area (Å²) in [6.45, 7) is 5.70. The molecule has 0 saturated carbocycles. The van der Waals surface area contributed by atoms with E-state index in [9.17, 15) is 9.18 Å². The van der Waals surface area contributed by atoms with Crippen LogP contribution < -0.4 is 19.1 Å². The lowest BCUT2D eigenvalue weighted by atomic mass is 9.95. The largest absolute Gasteiger partial charge is 0.475 e. The zero-order valence-corrected chi connectivity index (χ0v) is 27.4. The van der Waals surface area contributed by atoms with Crippen molar-refractivity contribution in [3.8, 4) is 41.2 Å². The van der Waals surface area contributed by atoms with Crippen molar-refractivity contribution in [1.82, 2.24) is 19.9 Å². The Hall–Kier alpha value is -4.63. The van der Waals surface area contributed by atoms with Gasteiger partial charge < -0.3 is 19.1 Å². The predicted octanol–water partition coefficient (Wildman–Crippen LogP) is 6.37. The standard InChI is InChI=1S/C37H36F3N5O4/c1-4-25-27(39)10-9-21-14-24(49-35(46)20(2)3)15-26(28(21)25)31-30(40)32-29-33(45-13-6-5-8-23(45)18-47-34(29)41-31)43-36(42-32)48-19-37-11-7-12-44(37)17-22(38)16-37/h1,9-10,14-15,20,22-23H,5-8,11-13,16-19H2,2-3H3/t22-,23+,37?/m1/s1. The first-order valence-corrected chi connectivity index (χ1v) is 16.9. The van der Waals surface area contributed by atoms with Crippen LogP contribution in [0, 0.1) is 29.9 Å². The lowest BCUT2D eigenvalue weighted by molar-refractivity contribution is -0.137. The van der Waals surface area contributed by atoms with Gasteiger partial charge in [-0.3, -0.25) is 9.69 Å². The molecule has 4 aliphatic heterocycles. The van der Waals surface area contributed by atoms with Gasteiger partial charge in [-0.1, -0.05) is 25.8 Å². The highest BCUT2D eigenvalue weighted by Crippen LogP contribution is 2.45. The van der Waals surface area contributed by atoms with Crippen LogP contribution in [0.5, 0.6) is 17.6 Å². The molecule has 0 N–H and O–H groups in total. The predicted molar refractivity (Wildman–Crippen MR) is 178 cm³/mol. The molecule has 9 nitrogen and oxygen atoms in total. The number of hydrogen-bond acceptors (Lipinski definition) is 9. The minimum Gasteiger partial charge on any atom is -0.475 e. The Bertz CT molecular complexity index is 2050. The van der Waals surface area contributed by atoms with E-state index >= 15 is 8.78 Å². The number of aromatic nitrogens is 3. The first-order valence-electron chi connectivity index (χ1n) is 16.9. The van der Waals surface area contributed by atoms with Gasteiger partial charge in [0.25, 0.3) is 0 Å². The number of halogens is 3. The van der Waals surface area contributed by atoms with Crippen LogP contribution in [-0.4, -0.2) is 76.4 Å². The van der Waals surface area contributed by atoms with Gasteiger partial charge in [-0.05, 0) is 62.2 Å². The summed E-state index contributed by atoms with van der Waals surface area (Å²) in [5.74, 6) is 0.686. The quantitative estimate of drug-likeness (QED) is 0.132. The number of alkyl halides is 1. The monoisotopic (exact) mass is 671 g/mol. The molecule has 2 aromatic heterocycles. The van der Waals surface area contributed by atoms with Gasteiger partial charge in [0.1, 0.15) is 53.4 Å². The van der Waals surface area contributed by atoms with E-state index in [1.165, 1.54) is 18.2 Å². The lowest BCUT2D eigenvalue weighted by Gasteiger charge is -2.35. The van der Waals surface area contributed by atoms with Gasteiger partial charge in [0.2, 0.25) is 5.88 Å². The Balaban J connectivity index is 1.33. The summed E-state index contributed by atoms with van der Waals surface area (Å²) in [5.41, 5.74) is -0.726. The van der Waals surface area contributed by atoms with Gasteiger partial charge in [-0.2, -0.15) is 9.97 Å². The number of benzene rings is 2. The number of rotatable bonds is 6. The van der Waals surface area contributed by atoms with Crippen LogP contribution in [0.3, 0.4) is 0 Å². The van der Waals surface area contributed by atoms with Crippen LogP contribution in [0.1, 0.15) is 57.9 Å². The minimum atomic E-state index is -0.936. The van der Waals surface area contributed by atoms with Crippen LogP contribution in [0.25, 0.3) is 32.9 Å². The van der Waals surface area contributed by atoms with Gasteiger partial charge in [0.15, 0.2) is 5.82 Å². The number of ether oxygens (including phenoxy) is 3. The SMILES string of the molecule is C#Cc1c(F)ccc2cc(OC(=O)C(C)C)cc(-c3nc4c5c(nc(OCC67CCCN6C[C@H](F)C7)nc5c3F)N3CCCC[C@H]3CO4)c12. The van der Waals surface area contributed by atoms with Crippen LogP contribution in [0.15, 0.2) is 24.3 Å². The number of carbonyl (C=O) groups excluding carboxylic acids is 1. The zero-order chi connectivity index (χ0) is 34.0. The molecule has 3 atom stereocenters. The van der Waals surface area contributed by atoms with Crippen LogP contribution >= 0.6 is 0 Å². The summed E-state index contributed by atoms with van der Waals surface area (Å²) in [6, 6.07) is 5.65. The number of fused-ring (bicyclic) bond motifs is 4. The van der Waals surface area contributed by atoms with E-state index in [4.69, 9.17) is 30.6 Å². The van der Waals surface area contributed by atoms with Crippen molar-refractivity contribution in [3.63, 3.8) is 0 Å². The van der Waals surface area contributed by atoms with Gasteiger partial charge in [0.05, 0.1) is 23.1 Å². The molecule has 0 aliphatic carbocycles. The first-order chi connectivity index (χ1) is 23.7. The summed E-state index contributed by atoms with van der Waals surface area (Å²) >= 11 is 0. The summed E-state index contributed by atoms with van der Waals surface area (Å²) in [7, 11) is 0. The molecule has 8 rings (SSSR count). The first kappa shape index (κ1) is 31.6. The fourth-order valence-electron chi connectivity index (χ4n) is 7.97. The minimum absolute atomic E-state index is 0.0286. The maximum atomic E-state index is 17.2. The fourth-order valence-corrected chi connectivity index (χ4v) is 7.97. The second kappa shape index (κ2) is 12.1. The number of nitrogens with zero attached hydrogens (tertiary/aromatic N) is 5. The molecule has 6 heterocycles. The molecular weight excluding hydrogens is 635 g/mol. The molecule has 49 heavy (non-hydrogen) atoms. The summed E-state index contributed by atoms with van der Waals surface area (Å²) < 4.78 is 65.1. The molecule has 1 unspecified atom stereocenters. The topological polar surface area (TPSA) is 89.9 Å².